The second-order valence-corrected chi connectivity index (χ2v) is 26.8. The number of aliphatic hydroxyl groups is 1. The van der Waals surface area contributed by atoms with E-state index >= 15 is 0 Å². The predicted molar refractivity (Wildman–Crippen MR) is 417 cm³/mol. The van der Waals surface area contributed by atoms with Crippen molar-refractivity contribution in [1.82, 2.24) is 0 Å². The third-order valence-electron chi connectivity index (χ3n) is 17.6. The number of carbonyl (C=O) groups is 2. The summed E-state index contributed by atoms with van der Waals surface area (Å²) in [5.41, 5.74) is 0. The number of carbonyl (C=O) groups excluding carboxylic acids is 2. The maximum absolute atomic E-state index is 12.4. The molecule has 0 aromatic carbocycles. The predicted octanol–water partition coefficient (Wildman–Crippen LogP) is 28.8. The van der Waals surface area contributed by atoms with Crippen LogP contribution in [0.5, 0.6) is 0 Å². The van der Waals surface area contributed by atoms with E-state index in [1.807, 2.05) is 0 Å². The zero-order valence-electron chi connectivity index (χ0n) is 61.9. The van der Waals surface area contributed by atoms with E-state index in [-0.39, 0.29) is 25.2 Å². The molecule has 0 bridgehead atoms. The largest absolute Gasteiger partial charge is 0.462 e. The summed E-state index contributed by atoms with van der Waals surface area (Å²) >= 11 is 0. The van der Waals surface area contributed by atoms with Crippen molar-refractivity contribution in [3.05, 3.63) is 146 Å². The molecule has 1 N–H and O–H groups in total. The molecule has 0 aliphatic carbocycles. The van der Waals surface area contributed by atoms with Crippen LogP contribution in [0.1, 0.15) is 386 Å². The highest BCUT2D eigenvalue weighted by Crippen LogP contribution is 2.19. The number of hydrogen-bond donors (Lipinski definition) is 1. The Labute approximate surface area is 584 Å². The molecule has 0 aromatic rings. The van der Waals surface area contributed by atoms with Crippen molar-refractivity contribution in [2.24, 2.45) is 0 Å². The maximum atomic E-state index is 12.4. The van der Waals surface area contributed by atoms with Crippen LogP contribution in [0.15, 0.2) is 146 Å². The van der Waals surface area contributed by atoms with Crippen LogP contribution < -0.4 is 0 Å². The first-order valence-corrected chi connectivity index (χ1v) is 40.4. The van der Waals surface area contributed by atoms with Gasteiger partial charge in [0.1, 0.15) is 6.61 Å². The lowest BCUT2D eigenvalue weighted by molar-refractivity contribution is -0.161. The van der Waals surface area contributed by atoms with Crippen molar-refractivity contribution in [1.29, 1.82) is 0 Å². The van der Waals surface area contributed by atoms with Gasteiger partial charge in [-0.15, -0.1) is 0 Å². The van der Waals surface area contributed by atoms with Crippen LogP contribution in [-0.4, -0.2) is 36.4 Å². The van der Waals surface area contributed by atoms with Gasteiger partial charge in [0.2, 0.25) is 0 Å². The molecule has 0 heterocycles. The van der Waals surface area contributed by atoms with Crippen LogP contribution in [0.2, 0.25) is 0 Å². The molecule has 0 radical (unpaired) electrons. The number of ether oxygens (including phenoxy) is 2. The molecule has 0 saturated carbocycles. The zero-order chi connectivity index (χ0) is 67.5. The third kappa shape index (κ3) is 80.2. The molecule has 0 aliphatic rings. The smallest absolute Gasteiger partial charge is 0.306 e. The van der Waals surface area contributed by atoms with E-state index in [2.05, 4.69) is 160 Å². The van der Waals surface area contributed by atoms with Crippen molar-refractivity contribution < 1.29 is 24.2 Å². The quantitative estimate of drug-likeness (QED) is 0.0373. The molecule has 0 aromatic heterocycles. The molecule has 0 rings (SSSR count). The van der Waals surface area contributed by atoms with Gasteiger partial charge in [0, 0.05) is 12.8 Å². The number of allylic oxidation sites excluding steroid dienone is 24. The van der Waals surface area contributed by atoms with Crippen molar-refractivity contribution >= 4 is 11.9 Å². The Morgan fingerprint density at radius 2 is 0.457 bits per heavy atom. The van der Waals surface area contributed by atoms with E-state index in [4.69, 9.17) is 9.47 Å². The highest BCUT2D eigenvalue weighted by atomic mass is 16.6. The molecule has 1 unspecified atom stereocenters. The van der Waals surface area contributed by atoms with E-state index in [0.717, 1.165) is 128 Å². The minimum atomic E-state index is -0.793. The summed E-state index contributed by atoms with van der Waals surface area (Å²) in [7, 11) is 0. The standard InChI is InChI=1S/C89H152O5/c1-3-5-7-9-11-13-15-17-19-21-23-25-27-29-31-33-35-37-39-41-43-44-46-47-49-51-53-55-57-59-61-63-65-67-69-71-73-75-77-79-81-83-88(91)93-86-87(85-90)94-89(92)84-82-80-78-76-74-72-70-68-66-64-62-60-58-56-54-52-50-48-45-42-40-38-36-34-32-30-28-26-24-22-20-18-16-14-12-10-8-6-4-2/h6,8,12,14,18,20-21,23-24,26,30,32,36,38,42,45,50,52,56,58,62,64,68,70,87,90H,3-5,7,9-11,13,15-17,19,22,25,27-29,31,33-35,37,39-41,43-44,46-49,51,53-55,57,59-61,63,65-67,69,71-86H2,1-2H3/b8-6-,14-12-,20-18-,23-21-,26-24-,32-30-,38-36-,45-42-,52-50-,58-56-,64-62-,70-68-. The fourth-order valence-electron chi connectivity index (χ4n) is 11.6. The van der Waals surface area contributed by atoms with Gasteiger partial charge in [0.15, 0.2) is 6.10 Å². The van der Waals surface area contributed by atoms with E-state index in [1.165, 1.54) is 231 Å². The SMILES string of the molecule is CC/C=C\C/C=C\C/C=C\C/C=C\C/C=C\C/C=C\C/C=C\C/C=C\C/C=C\C/C=C\C/C=C\CCCCCCCC(=O)OC(CO)COC(=O)CCCCCCCCCCCCCCCCCCCCCCCCCCCCCCC/C=C\CCCCCCCCCC. The maximum Gasteiger partial charge on any atom is 0.306 e. The summed E-state index contributed by atoms with van der Waals surface area (Å²) in [4.78, 5) is 24.7. The van der Waals surface area contributed by atoms with Gasteiger partial charge in [0.05, 0.1) is 6.61 Å². The Morgan fingerprint density at radius 1 is 0.255 bits per heavy atom. The highest BCUT2D eigenvalue weighted by Gasteiger charge is 2.16. The Balaban J connectivity index is 3.50. The molecule has 5 heteroatoms. The molecule has 0 spiro atoms. The Morgan fingerprint density at radius 3 is 0.702 bits per heavy atom. The van der Waals surface area contributed by atoms with Gasteiger partial charge in [0.25, 0.3) is 0 Å². The highest BCUT2D eigenvalue weighted by molar-refractivity contribution is 5.70. The molecule has 538 valence electrons. The van der Waals surface area contributed by atoms with Crippen molar-refractivity contribution in [3.63, 3.8) is 0 Å². The summed E-state index contributed by atoms with van der Waals surface area (Å²) in [5.74, 6) is -0.607. The summed E-state index contributed by atoms with van der Waals surface area (Å²) in [6.07, 6.45) is 125. The fourth-order valence-corrected chi connectivity index (χ4v) is 11.6. The number of unbranched alkanes of at least 4 members (excludes halogenated alkanes) is 42. The van der Waals surface area contributed by atoms with E-state index in [0.29, 0.717) is 12.8 Å². The Hall–Kier alpha value is -4.22. The average Bonchev–Trinajstić information content (AvgIpc) is 3.65. The Bertz CT molecular complexity index is 1920. The summed E-state index contributed by atoms with van der Waals surface area (Å²) in [6.45, 7) is 4.04. The minimum Gasteiger partial charge on any atom is -0.462 e. The van der Waals surface area contributed by atoms with Crippen molar-refractivity contribution in [2.75, 3.05) is 13.2 Å². The number of aliphatic hydroxyl groups excluding tert-OH is 1. The van der Waals surface area contributed by atoms with Gasteiger partial charge >= 0.3 is 11.9 Å². The molecule has 5 nitrogen and oxygen atoms in total. The number of rotatable bonds is 74. The van der Waals surface area contributed by atoms with Gasteiger partial charge < -0.3 is 14.6 Å². The van der Waals surface area contributed by atoms with Gasteiger partial charge in [-0.05, 0) is 122 Å². The molecule has 0 aliphatic heterocycles. The molecular formula is C89H152O5. The second-order valence-electron chi connectivity index (χ2n) is 26.8. The number of hydrogen-bond acceptors (Lipinski definition) is 5. The van der Waals surface area contributed by atoms with Crippen LogP contribution in [0.3, 0.4) is 0 Å². The molecular weight excluding hydrogens is 1150 g/mol. The average molecular weight is 1300 g/mol. The first-order chi connectivity index (χ1) is 46.6. The molecule has 1 atom stereocenters. The van der Waals surface area contributed by atoms with Gasteiger partial charge in [-0.3, -0.25) is 9.59 Å². The number of esters is 2. The van der Waals surface area contributed by atoms with Gasteiger partial charge in [-0.1, -0.05) is 397 Å². The molecule has 0 amide bonds. The minimum absolute atomic E-state index is 0.0784. The normalized spacial score (nSPS) is 13.0. The lowest BCUT2D eigenvalue weighted by Crippen LogP contribution is -2.28. The summed E-state index contributed by atoms with van der Waals surface area (Å²) in [6, 6.07) is 0. The molecule has 94 heavy (non-hydrogen) atoms. The first kappa shape index (κ1) is 89.8. The van der Waals surface area contributed by atoms with E-state index < -0.39 is 6.10 Å². The van der Waals surface area contributed by atoms with Gasteiger partial charge in [-0.2, -0.15) is 0 Å². The van der Waals surface area contributed by atoms with Crippen LogP contribution in [0.4, 0.5) is 0 Å². The zero-order valence-corrected chi connectivity index (χ0v) is 61.9. The van der Waals surface area contributed by atoms with Crippen LogP contribution in [0, 0.1) is 0 Å². The second kappa shape index (κ2) is 83.0. The monoisotopic (exact) mass is 1300 g/mol. The topological polar surface area (TPSA) is 72.8 Å². The summed E-state index contributed by atoms with van der Waals surface area (Å²) < 4.78 is 10.8. The van der Waals surface area contributed by atoms with Crippen LogP contribution >= 0.6 is 0 Å². The first-order valence-electron chi connectivity index (χ1n) is 40.4. The lowest BCUT2D eigenvalue weighted by atomic mass is 10.0. The van der Waals surface area contributed by atoms with E-state index in [1.54, 1.807) is 0 Å². The van der Waals surface area contributed by atoms with Crippen LogP contribution in [-0.2, 0) is 19.1 Å². The van der Waals surface area contributed by atoms with Crippen LogP contribution in [0.25, 0.3) is 0 Å². The molecule has 0 saturated heterocycles. The van der Waals surface area contributed by atoms with Crippen molar-refractivity contribution in [2.45, 2.75) is 392 Å². The van der Waals surface area contributed by atoms with Crippen molar-refractivity contribution in [3.8, 4) is 0 Å². The Kier molecular flexibility index (Phi) is 79.3. The van der Waals surface area contributed by atoms with E-state index in [9.17, 15) is 14.7 Å². The van der Waals surface area contributed by atoms with Gasteiger partial charge in [-0.25, -0.2) is 0 Å². The third-order valence-corrected chi connectivity index (χ3v) is 17.6. The summed E-state index contributed by atoms with van der Waals surface area (Å²) in [5, 5.41) is 9.72. The molecule has 0 fully saturated rings. The lowest BCUT2D eigenvalue weighted by Gasteiger charge is -2.15. The fraction of sp³-hybridized carbons (Fsp3) is 0.708.